The van der Waals surface area contributed by atoms with Crippen molar-refractivity contribution in [1.82, 2.24) is 14.5 Å². The maximum absolute atomic E-state index is 13.6. The molecule has 2 N–H and O–H groups in total. The molecule has 3 rings (SSSR count). The van der Waals surface area contributed by atoms with Gasteiger partial charge in [-0.1, -0.05) is 26.0 Å². The molecule has 3 atom stereocenters. The normalized spacial score (nSPS) is 23.5. The number of sulfonamides is 1. The van der Waals surface area contributed by atoms with Gasteiger partial charge in [-0.05, 0) is 55.9 Å². The van der Waals surface area contributed by atoms with Gasteiger partial charge in [-0.15, -0.1) is 0 Å². The third-order valence-corrected chi connectivity index (χ3v) is 8.43. The third kappa shape index (κ3) is 5.70. The first kappa shape index (κ1) is 25.5. The van der Waals surface area contributed by atoms with Gasteiger partial charge in [0.2, 0.25) is 10.0 Å². The Morgan fingerprint density at radius 2 is 2.15 bits per heavy atom. The minimum Gasteiger partial charge on any atom is -0.487 e. The van der Waals surface area contributed by atoms with Crippen LogP contribution in [-0.4, -0.2) is 74.2 Å². The van der Waals surface area contributed by atoms with Gasteiger partial charge >= 0.3 is 6.03 Å². The lowest BCUT2D eigenvalue weighted by molar-refractivity contribution is 0.0812. The molecule has 0 spiro atoms. The highest BCUT2D eigenvalue weighted by Gasteiger charge is 2.38. The Hall–Kier alpha value is -2.10. The lowest BCUT2D eigenvalue weighted by Gasteiger charge is -2.37. The summed E-state index contributed by atoms with van der Waals surface area (Å²) in [4.78, 5) is 14.1. The second-order valence-electron chi connectivity index (χ2n) is 9.14. The molecule has 0 radical (unpaired) electrons. The SMILES string of the molecule is CCCNC(=O)N(C)C[C@H]1Oc2cc(C3=CCCC3)ccc2S(=O)(=O)N([C@H](C)CO)C[C@H]1C. The van der Waals surface area contributed by atoms with E-state index in [0.29, 0.717) is 18.8 Å². The fourth-order valence-electron chi connectivity index (χ4n) is 4.30. The molecular weight excluding hydrogens is 442 g/mol. The summed E-state index contributed by atoms with van der Waals surface area (Å²) in [5.74, 6) is 0.0899. The number of amides is 2. The summed E-state index contributed by atoms with van der Waals surface area (Å²) >= 11 is 0. The molecule has 0 fully saturated rings. The van der Waals surface area contributed by atoms with E-state index in [1.54, 1.807) is 24.9 Å². The fourth-order valence-corrected chi connectivity index (χ4v) is 6.12. The third-order valence-electron chi connectivity index (χ3n) is 6.41. The van der Waals surface area contributed by atoms with E-state index < -0.39 is 22.2 Å². The van der Waals surface area contributed by atoms with Gasteiger partial charge in [0, 0.05) is 32.1 Å². The molecule has 1 aromatic carbocycles. The predicted octanol–water partition coefficient (Wildman–Crippen LogP) is 3.07. The number of rotatable bonds is 7. The van der Waals surface area contributed by atoms with Gasteiger partial charge < -0.3 is 20.1 Å². The number of hydrogen-bond donors (Lipinski definition) is 2. The summed E-state index contributed by atoms with van der Waals surface area (Å²) in [5.41, 5.74) is 2.16. The second kappa shape index (κ2) is 10.9. The van der Waals surface area contributed by atoms with E-state index >= 15 is 0 Å². The van der Waals surface area contributed by atoms with Crippen molar-refractivity contribution < 1.29 is 23.1 Å². The Morgan fingerprint density at radius 3 is 2.79 bits per heavy atom. The number of nitrogens with zero attached hydrogens (tertiary/aromatic N) is 2. The molecule has 8 nitrogen and oxygen atoms in total. The highest BCUT2D eigenvalue weighted by atomic mass is 32.2. The largest absolute Gasteiger partial charge is 0.487 e. The Morgan fingerprint density at radius 1 is 1.39 bits per heavy atom. The number of hydrogen-bond acceptors (Lipinski definition) is 5. The van der Waals surface area contributed by atoms with E-state index in [9.17, 15) is 18.3 Å². The fraction of sp³-hybridized carbons (Fsp3) is 0.625. The Bertz CT molecular complexity index is 978. The van der Waals surface area contributed by atoms with Crippen LogP contribution in [0.4, 0.5) is 4.79 Å². The zero-order valence-corrected chi connectivity index (χ0v) is 20.9. The molecule has 9 heteroatoms. The topological polar surface area (TPSA) is 99.2 Å². The average Bonchev–Trinajstić information content (AvgIpc) is 3.33. The standard InChI is InChI=1S/C24H37N3O5S/c1-5-12-25-24(29)26(4)15-22-17(2)14-27(18(3)16-28)33(30,31)23-11-10-20(13-21(23)32-22)19-8-6-7-9-19/h8,10-11,13,17-18,22,28H,5-7,9,12,14-16H2,1-4H3,(H,25,29)/t17-,18-,22-/m1/s1. The smallest absolute Gasteiger partial charge is 0.317 e. The van der Waals surface area contributed by atoms with Crippen molar-refractivity contribution in [2.24, 2.45) is 5.92 Å². The summed E-state index contributed by atoms with van der Waals surface area (Å²) in [5, 5.41) is 12.6. The van der Waals surface area contributed by atoms with Gasteiger partial charge in [0.05, 0.1) is 13.2 Å². The highest BCUT2D eigenvalue weighted by Crippen LogP contribution is 2.37. The van der Waals surface area contributed by atoms with Gasteiger partial charge in [0.25, 0.3) is 0 Å². The predicted molar refractivity (Wildman–Crippen MR) is 129 cm³/mol. The Balaban J connectivity index is 2.00. The van der Waals surface area contributed by atoms with E-state index in [4.69, 9.17) is 4.74 Å². The van der Waals surface area contributed by atoms with Crippen LogP contribution in [0.5, 0.6) is 5.75 Å². The number of allylic oxidation sites excluding steroid dienone is 2. The van der Waals surface area contributed by atoms with Crippen molar-refractivity contribution in [1.29, 1.82) is 0 Å². The highest BCUT2D eigenvalue weighted by molar-refractivity contribution is 7.89. The van der Waals surface area contributed by atoms with Crippen LogP contribution in [0.15, 0.2) is 29.2 Å². The van der Waals surface area contributed by atoms with E-state index in [1.165, 1.54) is 9.88 Å². The summed E-state index contributed by atoms with van der Waals surface area (Å²) in [6.07, 6.45) is 5.67. The summed E-state index contributed by atoms with van der Waals surface area (Å²) < 4.78 is 34.8. The minimum atomic E-state index is -3.87. The van der Waals surface area contributed by atoms with E-state index in [0.717, 1.165) is 31.2 Å². The number of carbonyl (C=O) groups excluding carboxylic acids is 1. The van der Waals surface area contributed by atoms with Crippen molar-refractivity contribution in [2.45, 2.75) is 63.5 Å². The lowest BCUT2D eigenvalue weighted by atomic mass is 10.0. The van der Waals surface area contributed by atoms with E-state index in [1.807, 2.05) is 26.0 Å². The lowest BCUT2D eigenvalue weighted by Crippen LogP contribution is -2.51. The van der Waals surface area contributed by atoms with E-state index in [-0.39, 0.29) is 30.0 Å². The molecule has 33 heavy (non-hydrogen) atoms. The summed E-state index contributed by atoms with van der Waals surface area (Å²) in [7, 11) is -2.16. The average molecular weight is 480 g/mol. The zero-order chi connectivity index (χ0) is 24.2. The van der Waals surface area contributed by atoms with Crippen LogP contribution in [0.1, 0.15) is 52.0 Å². The number of ether oxygens (including phenoxy) is 1. The first-order chi connectivity index (χ1) is 15.7. The number of urea groups is 1. The molecule has 1 aliphatic heterocycles. The van der Waals surface area contributed by atoms with Crippen molar-refractivity contribution in [2.75, 3.05) is 33.3 Å². The molecule has 0 aromatic heterocycles. The second-order valence-corrected chi connectivity index (χ2v) is 11.0. The first-order valence-electron chi connectivity index (χ1n) is 11.8. The van der Waals surface area contributed by atoms with Gasteiger partial charge in [0.1, 0.15) is 16.7 Å². The molecule has 1 heterocycles. The number of benzene rings is 1. The molecule has 1 aliphatic carbocycles. The van der Waals surface area contributed by atoms with Gasteiger partial charge in [0.15, 0.2) is 0 Å². The molecule has 1 aromatic rings. The number of fused-ring (bicyclic) bond motifs is 1. The van der Waals surface area contributed by atoms with Crippen molar-refractivity contribution in [3.63, 3.8) is 0 Å². The molecule has 0 unspecified atom stereocenters. The summed E-state index contributed by atoms with van der Waals surface area (Å²) in [6.45, 7) is 6.41. The molecule has 2 amide bonds. The monoisotopic (exact) mass is 479 g/mol. The van der Waals surface area contributed by atoms with Crippen LogP contribution in [0.2, 0.25) is 0 Å². The molecule has 0 saturated carbocycles. The number of likely N-dealkylation sites (N-methyl/N-ethyl adjacent to an activating group) is 1. The molecule has 0 saturated heterocycles. The number of carbonyl (C=O) groups is 1. The van der Waals surface area contributed by atoms with Gasteiger partial charge in [-0.3, -0.25) is 0 Å². The molecule has 184 valence electrons. The van der Waals surface area contributed by atoms with Crippen LogP contribution in [0.25, 0.3) is 5.57 Å². The van der Waals surface area contributed by atoms with E-state index in [2.05, 4.69) is 11.4 Å². The van der Waals surface area contributed by atoms with Gasteiger partial charge in [-0.2, -0.15) is 4.31 Å². The van der Waals surface area contributed by atoms with Crippen LogP contribution < -0.4 is 10.1 Å². The van der Waals surface area contributed by atoms with Crippen molar-refractivity contribution in [3.8, 4) is 5.75 Å². The quantitative estimate of drug-likeness (QED) is 0.626. The Kier molecular flexibility index (Phi) is 8.42. The van der Waals surface area contributed by atoms with Crippen LogP contribution >= 0.6 is 0 Å². The molecular formula is C24H37N3O5S. The van der Waals surface area contributed by atoms with Crippen molar-refractivity contribution >= 4 is 21.6 Å². The maximum atomic E-state index is 13.6. The number of aliphatic hydroxyl groups is 1. The first-order valence-corrected chi connectivity index (χ1v) is 13.2. The van der Waals surface area contributed by atoms with Gasteiger partial charge in [-0.25, -0.2) is 13.2 Å². The molecule has 2 aliphatic rings. The molecule has 0 bridgehead atoms. The van der Waals surface area contributed by atoms with Crippen LogP contribution in [0, 0.1) is 5.92 Å². The van der Waals surface area contributed by atoms with Crippen LogP contribution in [0.3, 0.4) is 0 Å². The maximum Gasteiger partial charge on any atom is 0.317 e. The number of nitrogens with one attached hydrogen (secondary N) is 1. The van der Waals surface area contributed by atoms with Crippen LogP contribution in [-0.2, 0) is 10.0 Å². The van der Waals surface area contributed by atoms with Crippen molar-refractivity contribution in [3.05, 3.63) is 29.8 Å². The summed E-state index contributed by atoms with van der Waals surface area (Å²) in [6, 6.07) is 4.50. The minimum absolute atomic E-state index is 0.0973. The number of aliphatic hydroxyl groups excluding tert-OH is 1. The zero-order valence-electron chi connectivity index (χ0n) is 20.1. The Labute approximate surface area is 197 Å².